The molecule has 0 atom stereocenters. The van der Waals surface area contributed by atoms with E-state index >= 15 is 0 Å². The third-order valence-corrected chi connectivity index (χ3v) is 4.05. The molecule has 4 rings (SSSR count). The topological polar surface area (TPSA) is 52.3 Å². The van der Waals surface area contributed by atoms with E-state index < -0.39 is 5.63 Å². The van der Waals surface area contributed by atoms with Gasteiger partial charge in [0.25, 0.3) is 0 Å². The van der Waals surface area contributed by atoms with Gasteiger partial charge < -0.3 is 9.15 Å². The number of rotatable bonds is 3. The summed E-state index contributed by atoms with van der Waals surface area (Å²) >= 11 is 0. The van der Waals surface area contributed by atoms with Crippen LogP contribution in [-0.4, -0.2) is 12.1 Å². The molecule has 2 aromatic carbocycles. The summed E-state index contributed by atoms with van der Waals surface area (Å²) < 4.78 is 10.6. The fourth-order valence-electron chi connectivity index (χ4n) is 2.75. The zero-order valence-corrected chi connectivity index (χ0v) is 13.6. The van der Waals surface area contributed by atoms with Crippen LogP contribution < -0.4 is 10.4 Å². The van der Waals surface area contributed by atoms with Gasteiger partial charge in [0.2, 0.25) is 0 Å². The summed E-state index contributed by atoms with van der Waals surface area (Å²) in [5.41, 5.74) is 2.96. The molecular formula is C21H15NO3. The average Bonchev–Trinajstić information content (AvgIpc) is 2.67. The monoisotopic (exact) mass is 329 g/mol. The molecule has 0 saturated heterocycles. The fourth-order valence-corrected chi connectivity index (χ4v) is 2.75. The van der Waals surface area contributed by atoms with Gasteiger partial charge in [-0.05, 0) is 48.5 Å². The van der Waals surface area contributed by atoms with E-state index in [2.05, 4.69) is 4.98 Å². The molecule has 0 spiro atoms. The average molecular weight is 329 g/mol. The van der Waals surface area contributed by atoms with Gasteiger partial charge in [-0.1, -0.05) is 24.3 Å². The lowest BCUT2D eigenvalue weighted by atomic mass is 10.1. The largest absolute Gasteiger partial charge is 0.497 e. The first-order valence-corrected chi connectivity index (χ1v) is 7.89. The molecule has 0 saturated carbocycles. The smallest absolute Gasteiger partial charge is 0.345 e. The molecule has 0 aliphatic carbocycles. The Morgan fingerprint density at radius 1 is 0.880 bits per heavy atom. The predicted octanol–water partition coefficient (Wildman–Crippen LogP) is 4.53. The van der Waals surface area contributed by atoms with Gasteiger partial charge >= 0.3 is 5.63 Å². The van der Waals surface area contributed by atoms with Crippen LogP contribution in [0.4, 0.5) is 0 Å². The van der Waals surface area contributed by atoms with Crippen LogP contribution in [0, 0.1) is 0 Å². The van der Waals surface area contributed by atoms with Gasteiger partial charge in [-0.2, -0.15) is 0 Å². The fraction of sp³-hybridized carbons (Fsp3) is 0.0476. The van der Waals surface area contributed by atoms with Crippen molar-refractivity contribution in [3.05, 3.63) is 83.2 Å². The molecule has 4 nitrogen and oxygen atoms in total. The van der Waals surface area contributed by atoms with Gasteiger partial charge in [0.15, 0.2) is 0 Å². The van der Waals surface area contributed by atoms with Crippen LogP contribution >= 0.6 is 0 Å². The van der Waals surface area contributed by atoms with Crippen molar-refractivity contribution in [3.63, 3.8) is 0 Å². The molecule has 0 aliphatic rings. The Hall–Kier alpha value is -3.40. The number of hydrogen-bond donors (Lipinski definition) is 0. The van der Waals surface area contributed by atoms with E-state index in [4.69, 9.17) is 9.15 Å². The van der Waals surface area contributed by atoms with Crippen molar-refractivity contribution in [3.8, 4) is 28.3 Å². The zero-order chi connectivity index (χ0) is 17.2. The first kappa shape index (κ1) is 15.1. The maximum atomic E-state index is 12.3. The minimum Gasteiger partial charge on any atom is -0.497 e. The number of nitrogens with zero attached hydrogens (tertiary/aromatic N) is 1. The lowest BCUT2D eigenvalue weighted by molar-refractivity contribution is 0.415. The van der Waals surface area contributed by atoms with Crippen molar-refractivity contribution in [2.45, 2.75) is 0 Å². The van der Waals surface area contributed by atoms with E-state index in [0.29, 0.717) is 16.8 Å². The molecule has 0 bridgehead atoms. The van der Waals surface area contributed by atoms with Crippen molar-refractivity contribution >= 4 is 11.0 Å². The normalized spacial score (nSPS) is 10.8. The van der Waals surface area contributed by atoms with Crippen LogP contribution in [0.2, 0.25) is 0 Å². The van der Waals surface area contributed by atoms with Crippen LogP contribution in [0.25, 0.3) is 33.5 Å². The SMILES string of the molecule is COc1ccc(-c2cccc(-c3cc4ccccc4oc3=O)n2)cc1. The van der Waals surface area contributed by atoms with E-state index in [9.17, 15) is 4.79 Å². The van der Waals surface area contributed by atoms with Crippen LogP contribution in [0.3, 0.4) is 0 Å². The standard InChI is InChI=1S/C21H15NO3/c1-24-16-11-9-14(10-12-16)18-6-4-7-19(22-18)17-13-15-5-2-3-8-20(15)25-21(17)23/h2-13H,1H3. The number of para-hydroxylation sites is 1. The lowest BCUT2D eigenvalue weighted by Gasteiger charge is -2.06. The van der Waals surface area contributed by atoms with E-state index in [1.165, 1.54) is 0 Å². The molecule has 0 N–H and O–H groups in total. The predicted molar refractivity (Wildman–Crippen MR) is 97.7 cm³/mol. The summed E-state index contributed by atoms with van der Waals surface area (Å²) in [5, 5.41) is 0.869. The molecule has 4 aromatic rings. The minimum absolute atomic E-state index is 0.391. The lowest BCUT2D eigenvalue weighted by Crippen LogP contribution is -2.04. The Morgan fingerprint density at radius 3 is 2.44 bits per heavy atom. The van der Waals surface area contributed by atoms with Crippen molar-refractivity contribution < 1.29 is 9.15 Å². The Morgan fingerprint density at radius 2 is 1.64 bits per heavy atom. The molecule has 0 unspecified atom stereocenters. The summed E-state index contributed by atoms with van der Waals surface area (Å²) in [4.78, 5) is 17.0. The molecule has 0 aliphatic heterocycles. The van der Waals surface area contributed by atoms with E-state index in [1.807, 2.05) is 66.7 Å². The number of ether oxygens (including phenoxy) is 1. The van der Waals surface area contributed by atoms with Gasteiger partial charge in [-0.25, -0.2) is 9.78 Å². The maximum Gasteiger partial charge on any atom is 0.345 e. The van der Waals surface area contributed by atoms with Crippen LogP contribution in [0.1, 0.15) is 0 Å². The third-order valence-electron chi connectivity index (χ3n) is 4.05. The second kappa shape index (κ2) is 6.24. The van der Waals surface area contributed by atoms with Crippen molar-refractivity contribution in [2.75, 3.05) is 7.11 Å². The molecule has 4 heteroatoms. The zero-order valence-electron chi connectivity index (χ0n) is 13.6. The van der Waals surface area contributed by atoms with Crippen molar-refractivity contribution in [2.24, 2.45) is 0 Å². The highest BCUT2D eigenvalue weighted by atomic mass is 16.5. The van der Waals surface area contributed by atoms with Gasteiger partial charge in [0.05, 0.1) is 24.1 Å². The number of methoxy groups -OCH3 is 1. The Kier molecular flexibility index (Phi) is 3.78. The minimum atomic E-state index is -0.391. The number of aromatic nitrogens is 1. The Labute approximate surface area is 144 Å². The molecule has 2 aromatic heterocycles. The van der Waals surface area contributed by atoms with E-state index in [1.54, 1.807) is 13.2 Å². The number of hydrogen-bond acceptors (Lipinski definition) is 4. The Balaban J connectivity index is 1.81. The van der Waals surface area contributed by atoms with Crippen LogP contribution in [0.5, 0.6) is 5.75 Å². The molecule has 122 valence electrons. The first-order valence-electron chi connectivity index (χ1n) is 7.89. The molecule has 0 radical (unpaired) electrons. The summed E-state index contributed by atoms with van der Waals surface area (Å²) in [5.74, 6) is 0.787. The van der Waals surface area contributed by atoms with Gasteiger partial charge in [-0.3, -0.25) is 0 Å². The molecular weight excluding hydrogens is 314 g/mol. The molecule has 25 heavy (non-hydrogen) atoms. The second-order valence-corrected chi connectivity index (χ2v) is 5.62. The molecule has 0 amide bonds. The Bertz CT molecular complexity index is 1100. The number of benzene rings is 2. The van der Waals surface area contributed by atoms with Crippen molar-refractivity contribution in [1.29, 1.82) is 0 Å². The highest BCUT2D eigenvalue weighted by Crippen LogP contribution is 2.24. The van der Waals surface area contributed by atoms with E-state index in [-0.39, 0.29) is 0 Å². The van der Waals surface area contributed by atoms with Gasteiger partial charge in [0.1, 0.15) is 11.3 Å². The maximum absolute atomic E-state index is 12.3. The summed E-state index contributed by atoms with van der Waals surface area (Å²) in [6.45, 7) is 0. The summed E-state index contributed by atoms with van der Waals surface area (Å²) in [6.07, 6.45) is 0. The van der Waals surface area contributed by atoms with Crippen molar-refractivity contribution in [1.82, 2.24) is 4.98 Å². The van der Waals surface area contributed by atoms with E-state index in [0.717, 1.165) is 22.4 Å². The number of fused-ring (bicyclic) bond motifs is 1. The van der Waals surface area contributed by atoms with Gasteiger partial charge in [0, 0.05) is 10.9 Å². The van der Waals surface area contributed by atoms with Crippen LogP contribution in [0.15, 0.2) is 82.0 Å². The quantitative estimate of drug-likeness (QED) is 0.518. The summed E-state index contributed by atoms with van der Waals surface area (Å²) in [6, 6.07) is 22.5. The third kappa shape index (κ3) is 2.90. The first-order chi connectivity index (χ1) is 12.2. The highest BCUT2D eigenvalue weighted by Gasteiger charge is 2.10. The second-order valence-electron chi connectivity index (χ2n) is 5.62. The number of pyridine rings is 1. The molecule has 0 fully saturated rings. The highest BCUT2D eigenvalue weighted by molar-refractivity contribution is 5.81. The van der Waals surface area contributed by atoms with Gasteiger partial charge in [-0.15, -0.1) is 0 Å². The molecule has 2 heterocycles. The van der Waals surface area contributed by atoms with Crippen LogP contribution in [-0.2, 0) is 0 Å². The summed E-state index contributed by atoms with van der Waals surface area (Å²) in [7, 11) is 1.63.